The molecule has 0 radical (unpaired) electrons. The molecule has 1 aromatic heterocycles. The summed E-state index contributed by atoms with van der Waals surface area (Å²) in [5, 5.41) is 10.3. The predicted octanol–water partition coefficient (Wildman–Crippen LogP) is 1.66. The lowest BCUT2D eigenvalue weighted by molar-refractivity contribution is 0.140. The van der Waals surface area contributed by atoms with Gasteiger partial charge in [0.15, 0.2) is 11.6 Å². The van der Waals surface area contributed by atoms with Crippen LogP contribution in [-0.4, -0.2) is 46.3 Å². The van der Waals surface area contributed by atoms with Gasteiger partial charge in [0.25, 0.3) is 0 Å². The minimum Gasteiger partial charge on any atom is -0.494 e. The minimum absolute atomic E-state index is 0.120. The molecule has 1 N–H and O–H groups in total. The molecule has 0 amide bonds. The van der Waals surface area contributed by atoms with Crippen molar-refractivity contribution < 1.29 is 14.2 Å². The van der Waals surface area contributed by atoms with Crippen LogP contribution in [-0.2, 0) is 13.0 Å². The van der Waals surface area contributed by atoms with E-state index in [4.69, 9.17) is 4.74 Å². The van der Waals surface area contributed by atoms with Crippen LogP contribution >= 0.6 is 0 Å². The average Bonchev–Trinajstić information content (AvgIpc) is 2.88. The fourth-order valence-corrected chi connectivity index (χ4v) is 3.04. The van der Waals surface area contributed by atoms with Crippen LogP contribution in [0, 0.1) is 11.7 Å². The van der Waals surface area contributed by atoms with Gasteiger partial charge < -0.3 is 9.84 Å². The maximum atomic E-state index is 13.8. The summed E-state index contributed by atoms with van der Waals surface area (Å²) in [5.74, 6) is 0.00591. The zero-order chi connectivity index (χ0) is 16.2. The second kappa shape index (κ2) is 7.02. The maximum Gasteiger partial charge on any atom is 0.165 e. The number of nitrogens with zero attached hydrogens (tertiary/aromatic N) is 3. The van der Waals surface area contributed by atoms with Crippen molar-refractivity contribution in [3.05, 3.63) is 53.9 Å². The van der Waals surface area contributed by atoms with Crippen LogP contribution in [0.15, 0.2) is 36.8 Å². The first-order valence-electron chi connectivity index (χ1n) is 7.63. The van der Waals surface area contributed by atoms with Crippen molar-refractivity contribution in [1.29, 1.82) is 0 Å². The number of aliphatic hydroxyl groups excluding tert-OH is 1. The van der Waals surface area contributed by atoms with Gasteiger partial charge in [-0.25, -0.2) is 4.39 Å². The molecular weight excluding hydrogens is 297 g/mol. The Bertz CT molecular complexity index is 654. The van der Waals surface area contributed by atoms with Crippen molar-refractivity contribution in [3.63, 3.8) is 0 Å². The third-order valence-electron chi connectivity index (χ3n) is 4.19. The lowest BCUT2D eigenvalue weighted by Gasteiger charge is -2.16. The number of rotatable bonds is 5. The van der Waals surface area contributed by atoms with Gasteiger partial charge in [-0.3, -0.25) is 14.9 Å². The number of methoxy groups -OCH3 is 1. The molecule has 0 saturated carbocycles. The highest BCUT2D eigenvalue weighted by Gasteiger charge is 2.31. The van der Waals surface area contributed by atoms with Gasteiger partial charge in [-0.15, -0.1) is 0 Å². The Labute approximate surface area is 134 Å². The number of ether oxygens (including phenoxy) is 1. The maximum absolute atomic E-state index is 13.8. The summed E-state index contributed by atoms with van der Waals surface area (Å²) in [4.78, 5) is 10.4. The summed E-state index contributed by atoms with van der Waals surface area (Å²) in [6.07, 6.45) is 5.32. The number of hydrogen-bond donors (Lipinski definition) is 1. The first-order chi connectivity index (χ1) is 11.2. The molecule has 1 fully saturated rings. The molecule has 0 unspecified atom stereocenters. The van der Waals surface area contributed by atoms with E-state index in [1.807, 2.05) is 6.07 Å². The Morgan fingerprint density at radius 1 is 1.35 bits per heavy atom. The Kier molecular flexibility index (Phi) is 4.83. The van der Waals surface area contributed by atoms with Crippen molar-refractivity contribution in [2.45, 2.75) is 19.1 Å². The zero-order valence-corrected chi connectivity index (χ0v) is 13.0. The van der Waals surface area contributed by atoms with Crippen molar-refractivity contribution in [1.82, 2.24) is 14.9 Å². The molecule has 1 aliphatic heterocycles. The summed E-state index contributed by atoms with van der Waals surface area (Å²) in [6, 6.07) is 4.97. The van der Waals surface area contributed by atoms with Gasteiger partial charge in [0.05, 0.1) is 18.9 Å². The molecule has 23 heavy (non-hydrogen) atoms. The Morgan fingerprint density at radius 2 is 2.22 bits per heavy atom. The van der Waals surface area contributed by atoms with E-state index in [2.05, 4.69) is 14.9 Å². The third kappa shape index (κ3) is 3.83. The van der Waals surface area contributed by atoms with Gasteiger partial charge >= 0.3 is 0 Å². The summed E-state index contributed by atoms with van der Waals surface area (Å²) in [6.45, 7) is 1.94. The van der Waals surface area contributed by atoms with E-state index in [9.17, 15) is 9.50 Å². The van der Waals surface area contributed by atoms with Crippen LogP contribution in [0.1, 0.15) is 11.3 Å². The number of β-amino-alcohol motifs (C(OH)–C–C–N with tert-alkyl or cyclic N) is 1. The number of halogens is 1. The quantitative estimate of drug-likeness (QED) is 0.909. The van der Waals surface area contributed by atoms with Gasteiger partial charge in [0.1, 0.15) is 0 Å². The van der Waals surface area contributed by atoms with Crippen LogP contribution in [0.3, 0.4) is 0 Å². The van der Waals surface area contributed by atoms with Gasteiger partial charge in [-0.2, -0.15) is 0 Å². The van der Waals surface area contributed by atoms with Gasteiger partial charge in [0, 0.05) is 44.1 Å². The molecule has 0 spiro atoms. The van der Waals surface area contributed by atoms with E-state index in [-0.39, 0.29) is 17.5 Å². The second-order valence-electron chi connectivity index (χ2n) is 5.89. The smallest absolute Gasteiger partial charge is 0.165 e. The van der Waals surface area contributed by atoms with E-state index in [1.54, 1.807) is 24.7 Å². The highest BCUT2D eigenvalue weighted by Crippen LogP contribution is 2.24. The van der Waals surface area contributed by atoms with E-state index in [0.29, 0.717) is 19.5 Å². The van der Waals surface area contributed by atoms with Crippen LogP contribution < -0.4 is 4.74 Å². The van der Waals surface area contributed by atoms with Crippen molar-refractivity contribution >= 4 is 0 Å². The first-order valence-corrected chi connectivity index (χ1v) is 7.63. The SMILES string of the molecule is COc1ccc(CN2C[C@@H](Cc3cnccn3)[C@H](O)C2)cc1F. The van der Waals surface area contributed by atoms with E-state index < -0.39 is 6.10 Å². The molecule has 0 aliphatic carbocycles. The summed E-state index contributed by atoms with van der Waals surface area (Å²) in [7, 11) is 1.45. The van der Waals surface area contributed by atoms with Crippen LogP contribution in [0.25, 0.3) is 0 Å². The number of likely N-dealkylation sites (tertiary alicyclic amines) is 1. The molecule has 1 saturated heterocycles. The van der Waals surface area contributed by atoms with Gasteiger partial charge in [-0.05, 0) is 24.1 Å². The second-order valence-corrected chi connectivity index (χ2v) is 5.89. The molecule has 5 nitrogen and oxygen atoms in total. The summed E-state index contributed by atoms with van der Waals surface area (Å²) >= 11 is 0. The average molecular weight is 317 g/mol. The fraction of sp³-hybridized carbons (Fsp3) is 0.412. The summed E-state index contributed by atoms with van der Waals surface area (Å²) in [5.41, 5.74) is 1.75. The Morgan fingerprint density at radius 3 is 2.91 bits per heavy atom. The van der Waals surface area contributed by atoms with Crippen LogP contribution in [0.4, 0.5) is 4.39 Å². The Balaban J connectivity index is 1.61. The highest BCUT2D eigenvalue weighted by atomic mass is 19.1. The molecular formula is C17H20FN3O2. The summed E-state index contributed by atoms with van der Waals surface area (Å²) < 4.78 is 18.7. The molecule has 0 bridgehead atoms. The highest BCUT2D eigenvalue weighted by molar-refractivity contribution is 5.29. The molecule has 2 heterocycles. The molecule has 122 valence electrons. The van der Waals surface area contributed by atoms with Crippen LogP contribution in [0.5, 0.6) is 5.75 Å². The van der Waals surface area contributed by atoms with Crippen molar-refractivity contribution in [3.8, 4) is 5.75 Å². The molecule has 1 aliphatic rings. The van der Waals surface area contributed by atoms with E-state index in [1.165, 1.54) is 13.2 Å². The van der Waals surface area contributed by atoms with E-state index >= 15 is 0 Å². The molecule has 1 aromatic carbocycles. The normalized spacial score (nSPS) is 21.5. The van der Waals surface area contributed by atoms with Gasteiger partial charge in [-0.1, -0.05) is 6.07 Å². The van der Waals surface area contributed by atoms with Crippen molar-refractivity contribution in [2.24, 2.45) is 5.92 Å². The third-order valence-corrected chi connectivity index (χ3v) is 4.19. The Hall–Kier alpha value is -2.05. The zero-order valence-electron chi connectivity index (χ0n) is 13.0. The topological polar surface area (TPSA) is 58.5 Å². The lowest BCUT2D eigenvalue weighted by atomic mass is 10.0. The molecule has 2 atom stereocenters. The van der Waals surface area contributed by atoms with Gasteiger partial charge in [0.2, 0.25) is 0 Å². The number of benzene rings is 1. The van der Waals surface area contributed by atoms with Crippen LogP contribution in [0.2, 0.25) is 0 Å². The molecule has 3 rings (SSSR count). The number of aliphatic hydroxyl groups is 1. The molecule has 6 heteroatoms. The predicted molar refractivity (Wildman–Crippen MR) is 83.5 cm³/mol. The molecule has 2 aromatic rings. The minimum atomic E-state index is -0.403. The standard InChI is InChI=1S/C17H20FN3O2/c1-23-17-3-2-12(6-15(17)18)9-21-10-13(16(22)11-21)7-14-8-19-4-5-20-14/h2-6,8,13,16,22H,7,9-11H2,1H3/t13-,16-/m1/s1. The van der Waals surface area contributed by atoms with Crippen molar-refractivity contribution in [2.75, 3.05) is 20.2 Å². The number of hydrogen-bond acceptors (Lipinski definition) is 5. The fourth-order valence-electron chi connectivity index (χ4n) is 3.04. The lowest BCUT2D eigenvalue weighted by Crippen LogP contribution is -2.21. The van der Waals surface area contributed by atoms with E-state index in [0.717, 1.165) is 17.8 Å². The first kappa shape index (κ1) is 15.8. The largest absolute Gasteiger partial charge is 0.494 e. The monoisotopic (exact) mass is 317 g/mol. The number of aromatic nitrogens is 2.